The number of nitrogens with one attached hydrogen (secondary N) is 2. The quantitative estimate of drug-likeness (QED) is 0.324. The first-order chi connectivity index (χ1) is 8.88. The fourth-order valence-electron chi connectivity index (χ4n) is 1.75. The smallest absolute Gasteiger partial charge is 0.190 e. The molecule has 1 heterocycles. The number of rotatable bonds is 7. The first-order valence-corrected chi connectivity index (χ1v) is 6.65. The molecule has 0 aromatic carbocycles. The van der Waals surface area contributed by atoms with Crippen LogP contribution in [0.4, 0.5) is 0 Å². The number of unbranched alkanes of at least 4 members (excludes halogenated alkanes) is 1. The summed E-state index contributed by atoms with van der Waals surface area (Å²) < 4.78 is 2.00. The average molecular weight is 378 g/mol. The van der Waals surface area contributed by atoms with E-state index in [1.54, 1.807) is 12.7 Å². The molecule has 6 nitrogen and oxygen atoms in total. The molecule has 1 aromatic heterocycles. The number of aryl methyl sites for hydroxylation is 1. The summed E-state index contributed by atoms with van der Waals surface area (Å²) in [5, 5.41) is 14.2. The minimum atomic E-state index is 0. The van der Waals surface area contributed by atoms with Crippen molar-refractivity contribution in [3.63, 3.8) is 0 Å². The molecule has 2 N–H and O–H groups in total. The van der Waals surface area contributed by atoms with E-state index in [9.17, 15) is 0 Å². The van der Waals surface area contributed by atoms with Crippen molar-refractivity contribution in [1.82, 2.24) is 25.4 Å². The van der Waals surface area contributed by atoms with Crippen molar-refractivity contribution in [2.45, 2.75) is 32.2 Å². The molecular formula is C12H23IN6. The van der Waals surface area contributed by atoms with Gasteiger partial charge in [0.05, 0.1) is 0 Å². The van der Waals surface area contributed by atoms with E-state index in [4.69, 9.17) is 0 Å². The van der Waals surface area contributed by atoms with Crippen molar-refractivity contribution in [3.8, 4) is 0 Å². The summed E-state index contributed by atoms with van der Waals surface area (Å²) in [6.07, 6.45) is 8.46. The average Bonchev–Trinajstić information content (AvgIpc) is 3.07. The molecule has 0 spiro atoms. The highest BCUT2D eigenvalue weighted by Crippen LogP contribution is 2.27. The minimum absolute atomic E-state index is 0. The maximum absolute atomic E-state index is 4.20. The van der Waals surface area contributed by atoms with Gasteiger partial charge in [-0.2, -0.15) is 0 Å². The van der Waals surface area contributed by atoms with E-state index in [2.05, 4.69) is 25.8 Å². The molecule has 1 aromatic rings. The maximum Gasteiger partial charge on any atom is 0.190 e. The zero-order valence-electron chi connectivity index (χ0n) is 11.4. The molecule has 0 bridgehead atoms. The Morgan fingerprint density at radius 1 is 1.26 bits per heavy atom. The molecule has 1 aliphatic rings. The molecule has 1 fully saturated rings. The molecule has 0 atom stereocenters. The van der Waals surface area contributed by atoms with Crippen molar-refractivity contribution in [2.24, 2.45) is 10.9 Å². The summed E-state index contributed by atoms with van der Waals surface area (Å²) >= 11 is 0. The predicted octanol–water partition coefficient (Wildman–Crippen LogP) is 1.25. The van der Waals surface area contributed by atoms with Gasteiger partial charge in [0.25, 0.3) is 0 Å². The summed E-state index contributed by atoms with van der Waals surface area (Å²) in [6.45, 7) is 2.98. The van der Waals surface area contributed by atoms with Gasteiger partial charge in [0.1, 0.15) is 12.7 Å². The minimum Gasteiger partial charge on any atom is -0.356 e. The normalized spacial score (nSPS) is 14.9. The predicted molar refractivity (Wildman–Crippen MR) is 86.8 cm³/mol. The van der Waals surface area contributed by atoms with Crippen molar-refractivity contribution in [1.29, 1.82) is 0 Å². The molecule has 1 aliphatic carbocycles. The maximum atomic E-state index is 4.20. The third-order valence-electron chi connectivity index (χ3n) is 3.08. The Morgan fingerprint density at radius 3 is 2.63 bits per heavy atom. The second-order valence-corrected chi connectivity index (χ2v) is 4.73. The van der Waals surface area contributed by atoms with E-state index in [0.29, 0.717) is 0 Å². The van der Waals surface area contributed by atoms with E-state index in [0.717, 1.165) is 44.4 Å². The number of hydrogen-bond donors (Lipinski definition) is 2. The van der Waals surface area contributed by atoms with E-state index >= 15 is 0 Å². The molecule has 108 valence electrons. The standard InChI is InChI=1S/C12H22N6.HI/c1-13-12(15-8-11-4-5-11)14-6-2-3-7-18-9-16-17-10-18;/h9-11H,2-8H2,1H3,(H2,13,14,15);1H. The monoisotopic (exact) mass is 378 g/mol. The number of aromatic nitrogens is 3. The SMILES string of the molecule is CN=C(NCCCCn1cnnc1)NCC1CC1.I. The second kappa shape index (κ2) is 9.11. The fraction of sp³-hybridized carbons (Fsp3) is 0.750. The molecular weight excluding hydrogens is 355 g/mol. The van der Waals surface area contributed by atoms with Crippen molar-refractivity contribution < 1.29 is 0 Å². The molecule has 1 saturated carbocycles. The first-order valence-electron chi connectivity index (χ1n) is 6.65. The van der Waals surface area contributed by atoms with Crippen LogP contribution >= 0.6 is 24.0 Å². The Labute approximate surface area is 131 Å². The van der Waals surface area contributed by atoms with Gasteiger partial charge >= 0.3 is 0 Å². The van der Waals surface area contributed by atoms with Gasteiger partial charge in [0.15, 0.2) is 5.96 Å². The van der Waals surface area contributed by atoms with Crippen molar-refractivity contribution in [3.05, 3.63) is 12.7 Å². The number of hydrogen-bond acceptors (Lipinski definition) is 3. The van der Waals surface area contributed by atoms with Crippen LogP contribution in [0.5, 0.6) is 0 Å². The molecule has 0 amide bonds. The van der Waals surface area contributed by atoms with Crippen LogP contribution < -0.4 is 10.6 Å². The van der Waals surface area contributed by atoms with Crippen molar-refractivity contribution in [2.75, 3.05) is 20.1 Å². The van der Waals surface area contributed by atoms with Gasteiger partial charge in [0, 0.05) is 26.7 Å². The van der Waals surface area contributed by atoms with E-state index in [1.807, 2.05) is 11.6 Å². The summed E-state index contributed by atoms with van der Waals surface area (Å²) in [7, 11) is 1.82. The lowest BCUT2D eigenvalue weighted by Crippen LogP contribution is -2.38. The number of nitrogens with zero attached hydrogens (tertiary/aromatic N) is 4. The Balaban J connectivity index is 0.00000180. The van der Waals surface area contributed by atoms with Gasteiger partial charge < -0.3 is 15.2 Å². The van der Waals surface area contributed by atoms with E-state index in [1.165, 1.54) is 12.8 Å². The molecule has 0 radical (unpaired) electrons. The van der Waals surface area contributed by atoms with Crippen LogP contribution in [0.3, 0.4) is 0 Å². The summed E-state index contributed by atoms with van der Waals surface area (Å²) in [5.41, 5.74) is 0. The zero-order valence-corrected chi connectivity index (χ0v) is 13.7. The topological polar surface area (TPSA) is 67.1 Å². The fourth-order valence-corrected chi connectivity index (χ4v) is 1.75. The van der Waals surface area contributed by atoms with Crippen molar-refractivity contribution >= 4 is 29.9 Å². The largest absolute Gasteiger partial charge is 0.356 e. The summed E-state index contributed by atoms with van der Waals surface area (Å²) in [4.78, 5) is 4.20. The third-order valence-corrected chi connectivity index (χ3v) is 3.08. The van der Waals surface area contributed by atoms with Gasteiger partial charge in [-0.3, -0.25) is 4.99 Å². The molecule has 19 heavy (non-hydrogen) atoms. The van der Waals surface area contributed by atoms with Gasteiger partial charge in [-0.15, -0.1) is 34.2 Å². The van der Waals surface area contributed by atoms with E-state index < -0.39 is 0 Å². The molecule has 2 rings (SSSR count). The van der Waals surface area contributed by atoms with Crippen LogP contribution in [0.25, 0.3) is 0 Å². The van der Waals surface area contributed by atoms with Crippen LogP contribution in [0.1, 0.15) is 25.7 Å². The van der Waals surface area contributed by atoms with Crippen LogP contribution in [0, 0.1) is 5.92 Å². The van der Waals surface area contributed by atoms with Crippen LogP contribution in [-0.2, 0) is 6.54 Å². The number of guanidine groups is 1. The van der Waals surface area contributed by atoms with Gasteiger partial charge in [0.2, 0.25) is 0 Å². The summed E-state index contributed by atoms with van der Waals surface area (Å²) in [5.74, 6) is 1.79. The highest BCUT2D eigenvalue weighted by molar-refractivity contribution is 14.0. The van der Waals surface area contributed by atoms with E-state index in [-0.39, 0.29) is 24.0 Å². The molecule has 7 heteroatoms. The Bertz CT molecular complexity index is 360. The second-order valence-electron chi connectivity index (χ2n) is 4.73. The Kier molecular flexibility index (Phi) is 7.76. The zero-order chi connectivity index (χ0) is 12.6. The van der Waals surface area contributed by atoms with Crippen LogP contribution in [-0.4, -0.2) is 40.9 Å². The first kappa shape index (κ1) is 16.2. The Morgan fingerprint density at radius 2 is 2.00 bits per heavy atom. The number of halogens is 1. The summed E-state index contributed by atoms with van der Waals surface area (Å²) in [6, 6.07) is 0. The molecule has 0 unspecified atom stereocenters. The highest BCUT2D eigenvalue weighted by Gasteiger charge is 2.20. The molecule has 0 saturated heterocycles. The third kappa shape index (κ3) is 6.74. The lowest BCUT2D eigenvalue weighted by Gasteiger charge is -2.11. The lowest BCUT2D eigenvalue weighted by atomic mass is 10.3. The number of aliphatic imine (C=N–C) groups is 1. The van der Waals surface area contributed by atoms with Gasteiger partial charge in [-0.25, -0.2) is 0 Å². The van der Waals surface area contributed by atoms with Gasteiger partial charge in [-0.05, 0) is 31.6 Å². The Hall–Kier alpha value is -0.860. The van der Waals surface area contributed by atoms with Crippen LogP contribution in [0.2, 0.25) is 0 Å². The molecule has 0 aliphatic heterocycles. The van der Waals surface area contributed by atoms with Crippen LogP contribution in [0.15, 0.2) is 17.6 Å². The van der Waals surface area contributed by atoms with Gasteiger partial charge in [-0.1, -0.05) is 0 Å². The lowest BCUT2D eigenvalue weighted by molar-refractivity contribution is 0.597. The highest BCUT2D eigenvalue weighted by atomic mass is 127.